The first-order valence-electron chi connectivity index (χ1n) is 10.8. The summed E-state index contributed by atoms with van der Waals surface area (Å²) >= 11 is 0. The Kier molecular flexibility index (Phi) is 6.62. The predicted octanol–water partition coefficient (Wildman–Crippen LogP) is 4.68. The van der Waals surface area contributed by atoms with Crippen LogP contribution in [0.1, 0.15) is 26.3 Å². The van der Waals surface area contributed by atoms with Crippen LogP contribution in [0.25, 0.3) is 22.7 Å². The highest BCUT2D eigenvalue weighted by atomic mass is 32.2. The van der Waals surface area contributed by atoms with Crippen molar-refractivity contribution >= 4 is 16.5 Å². The first-order valence-corrected chi connectivity index (χ1v) is 12.1. The molecular weight excluding hydrogens is 500 g/mol. The molecule has 0 fully saturated rings. The number of nitrogens with two attached hydrogens (primary N) is 1. The van der Waals surface area contributed by atoms with E-state index in [1.807, 2.05) is 0 Å². The first kappa shape index (κ1) is 25.7. The van der Waals surface area contributed by atoms with Crippen LogP contribution in [0.5, 0.6) is 5.88 Å². The summed E-state index contributed by atoms with van der Waals surface area (Å²) in [4.78, 5) is 12.8. The molecule has 1 aliphatic rings. The molecule has 0 spiro atoms. The molecule has 3 heterocycles. The van der Waals surface area contributed by atoms with Crippen LogP contribution in [0.15, 0.2) is 50.5 Å². The molecule has 0 radical (unpaired) electrons. The predicted molar refractivity (Wildman–Crippen MR) is 128 cm³/mol. The van der Waals surface area contributed by atoms with Gasteiger partial charge in [-0.15, -0.1) is 0 Å². The molecule has 3 aromatic rings. The fraction of sp³-hybridized carbons (Fsp3) is 0.391. The standard InChI is InChI=1S/C23H24F4N6O2S/c1-21(2)20(28)32-22(3,12-36(21)31-11-23(25,26)27)14-7-13(5-6-15(14)24)18-8-16(33-35-18)17-9-30-19(34-4)10-29-17/h5-10H,11-12H2,1-4H3,(H2,28,32)/t22-,36?/m0/s1. The van der Waals surface area contributed by atoms with Gasteiger partial charge in [0.05, 0.1) is 29.8 Å². The van der Waals surface area contributed by atoms with Gasteiger partial charge in [-0.1, -0.05) is 15.8 Å². The van der Waals surface area contributed by atoms with Crippen LogP contribution in [-0.4, -0.2) is 51.3 Å². The molecule has 0 amide bonds. The highest BCUT2D eigenvalue weighted by molar-refractivity contribution is 7.89. The van der Waals surface area contributed by atoms with Gasteiger partial charge >= 0.3 is 6.18 Å². The second-order valence-electron chi connectivity index (χ2n) is 8.91. The zero-order chi connectivity index (χ0) is 26.3. The number of methoxy groups -OCH3 is 1. The minimum Gasteiger partial charge on any atom is -0.480 e. The van der Waals surface area contributed by atoms with Crippen molar-refractivity contribution in [3.8, 4) is 28.6 Å². The normalized spacial score (nSPS) is 21.9. The van der Waals surface area contributed by atoms with E-state index in [9.17, 15) is 13.2 Å². The number of ether oxygens (including phenoxy) is 1. The Bertz CT molecular complexity index is 1340. The van der Waals surface area contributed by atoms with Crippen LogP contribution in [0, 0.1) is 5.82 Å². The molecule has 36 heavy (non-hydrogen) atoms. The Morgan fingerprint density at radius 2 is 1.89 bits per heavy atom. The third-order valence-corrected chi connectivity index (χ3v) is 8.50. The molecule has 0 saturated carbocycles. The smallest absolute Gasteiger partial charge is 0.408 e. The molecule has 2 atom stereocenters. The van der Waals surface area contributed by atoms with E-state index in [1.54, 1.807) is 32.9 Å². The molecule has 0 aliphatic carbocycles. The molecule has 4 rings (SSSR count). The van der Waals surface area contributed by atoms with Gasteiger partial charge in [0.15, 0.2) is 5.76 Å². The van der Waals surface area contributed by atoms with Gasteiger partial charge in [-0.2, -0.15) is 13.2 Å². The largest absolute Gasteiger partial charge is 0.480 e. The third-order valence-electron chi connectivity index (χ3n) is 5.83. The molecule has 2 aromatic heterocycles. The van der Waals surface area contributed by atoms with Crippen LogP contribution in [0.2, 0.25) is 0 Å². The van der Waals surface area contributed by atoms with E-state index in [4.69, 9.17) is 15.0 Å². The number of hydrogen-bond donors (Lipinski definition) is 1. The average Bonchev–Trinajstić information content (AvgIpc) is 3.31. The fourth-order valence-corrected chi connectivity index (χ4v) is 5.79. The molecular formula is C23H24F4N6O2S. The lowest BCUT2D eigenvalue weighted by atomic mass is 9.91. The molecule has 8 nitrogen and oxygen atoms in total. The Balaban J connectivity index is 1.71. The lowest BCUT2D eigenvalue weighted by Gasteiger charge is -2.40. The Morgan fingerprint density at radius 3 is 2.53 bits per heavy atom. The molecule has 192 valence electrons. The fourth-order valence-electron chi connectivity index (χ4n) is 3.67. The van der Waals surface area contributed by atoms with Crippen LogP contribution < -0.4 is 10.5 Å². The number of benzene rings is 1. The van der Waals surface area contributed by atoms with Gasteiger partial charge in [0.25, 0.3) is 0 Å². The van der Waals surface area contributed by atoms with Crippen molar-refractivity contribution in [2.24, 2.45) is 15.1 Å². The second-order valence-corrected chi connectivity index (χ2v) is 11.2. The van der Waals surface area contributed by atoms with Crippen molar-refractivity contribution in [3.05, 3.63) is 48.0 Å². The monoisotopic (exact) mass is 524 g/mol. The van der Waals surface area contributed by atoms with Gasteiger partial charge in [-0.25, -0.2) is 14.4 Å². The minimum absolute atomic E-state index is 0.0697. The summed E-state index contributed by atoms with van der Waals surface area (Å²) in [6.45, 7) is 3.72. The van der Waals surface area contributed by atoms with Crippen LogP contribution in [0.4, 0.5) is 17.6 Å². The molecule has 0 bridgehead atoms. The Morgan fingerprint density at radius 1 is 1.14 bits per heavy atom. The zero-order valence-corrected chi connectivity index (χ0v) is 20.7. The van der Waals surface area contributed by atoms with E-state index in [0.29, 0.717) is 28.6 Å². The number of rotatable bonds is 5. The van der Waals surface area contributed by atoms with E-state index < -0.39 is 39.5 Å². The van der Waals surface area contributed by atoms with Gasteiger partial charge in [-0.05, 0) is 39.0 Å². The lowest BCUT2D eigenvalue weighted by molar-refractivity contribution is -0.117. The van der Waals surface area contributed by atoms with E-state index in [1.165, 1.54) is 31.6 Å². The van der Waals surface area contributed by atoms with Crippen molar-refractivity contribution in [2.45, 2.75) is 37.2 Å². The van der Waals surface area contributed by atoms with Gasteiger partial charge in [0, 0.05) is 22.9 Å². The molecule has 1 aromatic carbocycles. The number of aliphatic imine (C=N–C) groups is 1. The quantitative estimate of drug-likeness (QED) is 0.486. The number of nitrogens with zero attached hydrogens (tertiary/aromatic N) is 5. The van der Waals surface area contributed by atoms with Crippen LogP contribution in [-0.2, 0) is 16.2 Å². The summed E-state index contributed by atoms with van der Waals surface area (Å²) in [5.74, 6) is 0.296. The van der Waals surface area contributed by atoms with Gasteiger partial charge in [-0.3, -0.25) is 9.36 Å². The third kappa shape index (κ3) is 5.11. The van der Waals surface area contributed by atoms with E-state index >= 15 is 4.39 Å². The maximum absolute atomic E-state index is 15.1. The molecule has 2 N–H and O–H groups in total. The summed E-state index contributed by atoms with van der Waals surface area (Å²) in [5.41, 5.74) is 6.47. The van der Waals surface area contributed by atoms with Crippen molar-refractivity contribution in [3.63, 3.8) is 0 Å². The number of amidine groups is 1. The van der Waals surface area contributed by atoms with Gasteiger partial charge in [0.1, 0.15) is 29.6 Å². The van der Waals surface area contributed by atoms with Crippen LogP contribution >= 0.6 is 0 Å². The van der Waals surface area contributed by atoms with E-state index in [0.717, 1.165) is 0 Å². The second kappa shape index (κ2) is 9.26. The highest BCUT2D eigenvalue weighted by Gasteiger charge is 2.43. The van der Waals surface area contributed by atoms with Crippen molar-refractivity contribution < 1.29 is 26.8 Å². The Hall–Kier alpha value is -3.35. The van der Waals surface area contributed by atoms with Crippen LogP contribution in [0.3, 0.4) is 0 Å². The number of hydrogen-bond acceptors (Lipinski definition) is 8. The molecule has 0 saturated heterocycles. The van der Waals surface area contributed by atoms with Crippen molar-refractivity contribution in [1.82, 2.24) is 15.1 Å². The van der Waals surface area contributed by atoms with Crippen molar-refractivity contribution in [2.75, 3.05) is 19.4 Å². The van der Waals surface area contributed by atoms with Gasteiger partial charge < -0.3 is 15.0 Å². The van der Waals surface area contributed by atoms with Gasteiger partial charge in [0.2, 0.25) is 5.88 Å². The summed E-state index contributed by atoms with van der Waals surface area (Å²) in [7, 11) is 0.312. The maximum Gasteiger partial charge on any atom is 0.408 e. The summed E-state index contributed by atoms with van der Waals surface area (Å²) in [5, 5.41) is 4.01. The van der Waals surface area contributed by atoms with E-state index in [-0.39, 0.29) is 17.2 Å². The summed E-state index contributed by atoms with van der Waals surface area (Å²) in [6, 6.07) is 5.93. The first-order chi connectivity index (χ1) is 16.8. The number of aromatic nitrogens is 3. The zero-order valence-electron chi connectivity index (χ0n) is 19.9. The van der Waals surface area contributed by atoms with Crippen molar-refractivity contribution in [1.29, 1.82) is 0 Å². The molecule has 13 heteroatoms. The SMILES string of the molecule is COc1cnc(-c2cc(-c3ccc(F)c([C@]4(C)C/S(=N\CC(F)(F)F)C(C)(C)C(N)=N4)c3)on2)cn1. The molecule has 1 unspecified atom stereocenters. The lowest BCUT2D eigenvalue weighted by Crippen LogP contribution is -2.52. The highest BCUT2D eigenvalue weighted by Crippen LogP contribution is 2.39. The minimum atomic E-state index is -4.45. The summed E-state index contributed by atoms with van der Waals surface area (Å²) in [6.07, 6.45) is -1.54. The summed E-state index contributed by atoms with van der Waals surface area (Å²) < 4.78 is 67.3. The maximum atomic E-state index is 15.1. The Labute approximate surface area is 207 Å². The van der Waals surface area contributed by atoms with E-state index in [2.05, 4.69) is 24.5 Å². The number of alkyl halides is 3. The number of halogens is 4. The molecule has 1 aliphatic heterocycles. The topological polar surface area (TPSA) is 112 Å². The average molecular weight is 525 g/mol.